The first-order valence-electron chi connectivity index (χ1n) is 10.3. The fraction of sp³-hybridized carbons (Fsp3) is 0.435. The summed E-state index contributed by atoms with van der Waals surface area (Å²) in [5, 5.41) is 0.907. The topological polar surface area (TPSA) is 42.0 Å². The van der Waals surface area contributed by atoms with E-state index in [2.05, 4.69) is 11.8 Å². The maximum atomic E-state index is 13.0. The zero-order valence-electron chi connectivity index (χ0n) is 17.3. The second-order valence-electron chi connectivity index (χ2n) is 8.02. The third-order valence-electron chi connectivity index (χ3n) is 5.92. The molecule has 2 aliphatic heterocycles. The molecule has 0 unspecified atom stereocenters. The predicted molar refractivity (Wildman–Crippen MR) is 120 cm³/mol. The first-order valence-corrected chi connectivity index (χ1v) is 11.0. The van der Waals surface area contributed by atoms with Crippen molar-refractivity contribution in [3.8, 4) is 11.5 Å². The second-order valence-corrected chi connectivity index (χ2v) is 8.86. The largest absolute Gasteiger partial charge is 0.493 e. The lowest BCUT2D eigenvalue weighted by Crippen LogP contribution is -2.35. The Bertz CT molecular complexity index is 942. The van der Waals surface area contributed by atoms with Gasteiger partial charge in [0.15, 0.2) is 11.5 Å². The Morgan fingerprint density at radius 1 is 1.10 bits per heavy atom. The van der Waals surface area contributed by atoms with E-state index < -0.39 is 0 Å². The Balaban J connectivity index is 1.48. The van der Waals surface area contributed by atoms with E-state index in [1.54, 1.807) is 24.1 Å². The van der Waals surface area contributed by atoms with Crippen LogP contribution in [0.1, 0.15) is 35.7 Å². The normalized spacial score (nSPS) is 17.3. The van der Waals surface area contributed by atoms with E-state index >= 15 is 0 Å². The highest BCUT2D eigenvalue weighted by Crippen LogP contribution is 2.38. The molecular weight excluding hydrogens is 423 g/mol. The van der Waals surface area contributed by atoms with Gasteiger partial charge in [0.2, 0.25) is 0 Å². The molecule has 1 amide bonds. The van der Waals surface area contributed by atoms with Crippen LogP contribution < -0.4 is 14.4 Å². The van der Waals surface area contributed by atoms with Crippen LogP contribution >= 0.6 is 23.2 Å². The molecule has 0 atom stereocenters. The summed E-state index contributed by atoms with van der Waals surface area (Å²) >= 11 is 12.4. The molecule has 1 fully saturated rings. The number of anilines is 1. The van der Waals surface area contributed by atoms with Gasteiger partial charge in [0, 0.05) is 23.3 Å². The van der Waals surface area contributed by atoms with Crippen molar-refractivity contribution >= 4 is 34.8 Å². The minimum atomic E-state index is -0.134. The number of rotatable bonds is 6. The van der Waals surface area contributed by atoms with Crippen LogP contribution in [0.2, 0.25) is 10.0 Å². The van der Waals surface area contributed by atoms with Crippen molar-refractivity contribution in [1.82, 2.24) is 4.90 Å². The average Bonchev–Trinajstić information content (AvgIpc) is 3.05. The molecule has 0 saturated carbocycles. The molecule has 0 radical (unpaired) electrons. The lowest BCUT2D eigenvalue weighted by atomic mass is 9.99. The van der Waals surface area contributed by atoms with Crippen molar-refractivity contribution in [3.63, 3.8) is 0 Å². The monoisotopic (exact) mass is 448 g/mol. The first kappa shape index (κ1) is 21.3. The molecule has 0 aliphatic carbocycles. The third kappa shape index (κ3) is 4.39. The first-order chi connectivity index (χ1) is 14.5. The second kappa shape index (κ2) is 9.04. The number of halogens is 2. The van der Waals surface area contributed by atoms with Crippen LogP contribution in [0.3, 0.4) is 0 Å². The summed E-state index contributed by atoms with van der Waals surface area (Å²) in [6.45, 7) is 6.42. The molecule has 30 heavy (non-hydrogen) atoms. The summed E-state index contributed by atoms with van der Waals surface area (Å²) in [5.74, 6) is 1.96. The van der Waals surface area contributed by atoms with Gasteiger partial charge >= 0.3 is 0 Å². The number of benzene rings is 2. The molecule has 5 nitrogen and oxygen atoms in total. The Morgan fingerprint density at radius 3 is 2.60 bits per heavy atom. The number of piperidine rings is 1. The number of carbonyl (C=O) groups excluding carboxylic acids is 1. The Kier molecular flexibility index (Phi) is 6.42. The smallest absolute Gasteiger partial charge is 0.260 e. The van der Waals surface area contributed by atoms with E-state index in [9.17, 15) is 4.79 Å². The van der Waals surface area contributed by atoms with Gasteiger partial charge in [-0.3, -0.25) is 9.69 Å². The fourth-order valence-electron chi connectivity index (χ4n) is 4.09. The number of hydrogen-bond donors (Lipinski definition) is 0. The highest BCUT2D eigenvalue weighted by molar-refractivity contribution is 6.38. The van der Waals surface area contributed by atoms with Crippen LogP contribution in [-0.2, 0) is 6.54 Å². The van der Waals surface area contributed by atoms with Crippen molar-refractivity contribution in [3.05, 3.63) is 51.5 Å². The zero-order chi connectivity index (χ0) is 21.3. The zero-order valence-corrected chi connectivity index (χ0v) is 18.8. The maximum Gasteiger partial charge on any atom is 0.260 e. The van der Waals surface area contributed by atoms with Gasteiger partial charge in [-0.2, -0.15) is 0 Å². The van der Waals surface area contributed by atoms with Crippen LogP contribution in [0.15, 0.2) is 30.3 Å². The van der Waals surface area contributed by atoms with Gasteiger partial charge in [-0.25, -0.2) is 0 Å². The Morgan fingerprint density at radius 2 is 1.87 bits per heavy atom. The van der Waals surface area contributed by atoms with Crippen molar-refractivity contribution in [2.45, 2.75) is 26.3 Å². The molecule has 0 bridgehead atoms. The van der Waals surface area contributed by atoms with Crippen LogP contribution in [0, 0.1) is 5.92 Å². The lowest BCUT2D eigenvalue weighted by Gasteiger charge is -2.30. The summed E-state index contributed by atoms with van der Waals surface area (Å²) in [7, 11) is 1.62. The number of methoxy groups -OCH3 is 1. The van der Waals surface area contributed by atoms with E-state index in [0.29, 0.717) is 40.3 Å². The molecule has 0 aromatic heterocycles. The van der Waals surface area contributed by atoms with Crippen LogP contribution in [0.5, 0.6) is 11.5 Å². The van der Waals surface area contributed by atoms with Crippen molar-refractivity contribution in [2.75, 3.05) is 38.3 Å². The molecule has 7 heteroatoms. The fourth-order valence-corrected chi connectivity index (χ4v) is 4.71. The van der Waals surface area contributed by atoms with Crippen LogP contribution in [-0.4, -0.2) is 44.2 Å². The van der Waals surface area contributed by atoms with Gasteiger partial charge < -0.3 is 14.4 Å². The van der Waals surface area contributed by atoms with Gasteiger partial charge in [0.25, 0.3) is 5.91 Å². The molecule has 2 aromatic carbocycles. The van der Waals surface area contributed by atoms with E-state index in [0.717, 1.165) is 36.8 Å². The number of hydrogen-bond acceptors (Lipinski definition) is 4. The average molecular weight is 449 g/mol. The van der Waals surface area contributed by atoms with Crippen molar-refractivity contribution < 1.29 is 14.3 Å². The molecular formula is C23H26Cl2N2O3. The quantitative estimate of drug-likeness (QED) is 0.603. The summed E-state index contributed by atoms with van der Waals surface area (Å²) in [6, 6.07) is 8.94. The summed E-state index contributed by atoms with van der Waals surface area (Å²) in [5.41, 5.74) is 2.08. The van der Waals surface area contributed by atoms with E-state index in [4.69, 9.17) is 32.7 Å². The molecule has 1 saturated heterocycles. The molecule has 2 aromatic rings. The summed E-state index contributed by atoms with van der Waals surface area (Å²) in [4.78, 5) is 17.1. The van der Waals surface area contributed by atoms with Gasteiger partial charge in [0.1, 0.15) is 6.61 Å². The molecule has 2 aliphatic rings. The molecule has 0 spiro atoms. The molecule has 0 N–H and O–H groups in total. The summed E-state index contributed by atoms with van der Waals surface area (Å²) in [6.07, 6.45) is 2.48. The van der Waals surface area contributed by atoms with E-state index in [1.807, 2.05) is 18.2 Å². The van der Waals surface area contributed by atoms with Crippen LogP contribution in [0.4, 0.5) is 5.69 Å². The number of ether oxygens (including phenoxy) is 2. The van der Waals surface area contributed by atoms with Gasteiger partial charge in [-0.05, 0) is 61.7 Å². The lowest BCUT2D eigenvalue weighted by molar-refractivity contribution is 0.0996. The Hall–Kier alpha value is -1.95. The Labute approximate surface area is 187 Å². The van der Waals surface area contributed by atoms with Crippen molar-refractivity contribution in [2.24, 2.45) is 5.92 Å². The highest BCUT2D eigenvalue weighted by Gasteiger charge is 2.31. The van der Waals surface area contributed by atoms with E-state index in [1.165, 1.54) is 12.8 Å². The minimum absolute atomic E-state index is 0.134. The van der Waals surface area contributed by atoms with E-state index in [-0.39, 0.29) is 5.91 Å². The molecule has 2 heterocycles. The van der Waals surface area contributed by atoms with Gasteiger partial charge in [0.05, 0.1) is 24.2 Å². The maximum absolute atomic E-state index is 13.0. The number of amides is 1. The molecule has 160 valence electrons. The number of fused-ring (bicyclic) bond motifs is 1. The predicted octanol–water partition coefficient (Wildman–Crippen LogP) is 5.27. The SMILES string of the molecule is COc1ccc(N2Cc3cc(Cl)cc(Cl)c3C2=O)cc1OCCN1CCC(C)CC1. The number of likely N-dealkylation sites (tertiary alicyclic amines) is 1. The van der Waals surface area contributed by atoms with Gasteiger partial charge in [-0.15, -0.1) is 0 Å². The minimum Gasteiger partial charge on any atom is -0.493 e. The van der Waals surface area contributed by atoms with Crippen molar-refractivity contribution in [1.29, 1.82) is 0 Å². The van der Waals surface area contributed by atoms with Crippen LogP contribution in [0.25, 0.3) is 0 Å². The number of nitrogens with zero attached hydrogens (tertiary/aromatic N) is 2. The molecule has 4 rings (SSSR count). The van der Waals surface area contributed by atoms with Gasteiger partial charge in [-0.1, -0.05) is 30.1 Å². The third-order valence-corrected chi connectivity index (χ3v) is 6.44. The standard InChI is InChI=1S/C23H26Cl2N2O3/c1-15-5-7-26(8-6-15)9-10-30-21-13-18(3-4-20(21)29-2)27-14-16-11-17(24)12-19(25)22(16)23(27)28/h3-4,11-13,15H,5-10,14H2,1-2H3. The summed E-state index contributed by atoms with van der Waals surface area (Å²) < 4.78 is 11.5. The highest BCUT2D eigenvalue weighted by atomic mass is 35.5. The number of carbonyl (C=O) groups is 1.